The number of ether oxygens (including phenoxy) is 1. The number of halogens is 8. The van der Waals surface area contributed by atoms with Gasteiger partial charge in [-0.05, 0) is 72.4 Å². The SMILES string of the molecule is CC(C)(C)C1CC1.CN=C(N)N(C(=O)c1ccc(-c2cnn(C(F)F)c2)cc1)C(COC(=O)NC1(C(F)(F)F)CC1)c1ccc(Cl)c(-n2ncnc2C(F)F)c1. The number of carbonyl (C=O) groups excluding carboxylic acids is 2. The molecule has 20 heteroatoms. The number of amides is 2. The van der Waals surface area contributed by atoms with Gasteiger partial charge in [0.1, 0.15) is 18.5 Å². The van der Waals surface area contributed by atoms with Crippen molar-refractivity contribution in [3.05, 3.63) is 83.2 Å². The van der Waals surface area contributed by atoms with Crippen LogP contribution in [0, 0.1) is 11.3 Å². The summed E-state index contributed by atoms with van der Waals surface area (Å²) in [5, 5.41) is 9.12. The summed E-state index contributed by atoms with van der Waals surface area (Å²) in [5.41, 5.74) is 4.98. The first kappa shape index (κ1) is 42.0. The summed E-state index contributed by atoms with van der Waals surface area (Å²) >= 11 is 6.32. The summed E-state index contributed by atoms with van der Waals surface area (Å²) < 4.78 is 100. The van der Waals surface area contributed by atoms with Crippen LogP contribution in [0.1, 0.15) is 87.2 Å². The van der Waals surface area contributed by atoms with E-state index in [0.717, 1.165) is 28.0 Å². The maximum absolute atomic E-state index is 14.0. The van der Waals surface area contributed by atoms with Gasteiger partial charge < -0.3 is 15.8 Å². The fourth-order valence-corrected chi connectivity index (χ4v) is 5.99. The van der Waals surface area contributed by atoms with Crippen LogP contribution in [0.5, 0.6) is 0 Å². The highest BCUT2D eigenvalue weighted by Crippen LogP contribution is 2.49. The fourth-order valence-electron chi connectivity index (χ4n) is 5.79. The van der Waals surface area contributed by atoms with E-state index in [9.17, 15) is 40.3 Å². The topological polar surface area (TPSA) is 146 Å². The number of aromatic nitrogens is 5. The molecule has 2 aromatic carbocycles. The highest BCUT2D eigenvalue weighted by molar-refractivity contribution is 6.32. The van der Waals surface area contributed by atoms with Crippen LogP contribution in [0.2, 0.25) is 5.02 Å². The molecule has 56 heavy (non-hydrogen) atoms. The molecule has 2 heterocycles. The minimum atomic E-state index is -4.75. The normalized spacial score (nSPS) is 15.9. The van der Waals surface area contributed by atoms with Gasteiger partial charge in [-0.2, -0.15) is 32.1 Å². The molecule has 2 saturated carbocycles. The lowest BCUT2D eigenvalue weighted by Gasteiger charge is -2.31. The molecule has 4 aromatic rings. The zero-order valence-corrected chi connectivity index (χ0v) is 31.3. The highest BCUT2D eigenvalue weighted by atomic mass is 35.5. The first-order valence-electron chi connectivity index (χ1n) is 17.2. The molecule has 302 valence electrons. The first-order chi connectivity index (χ1) is 26.3. The van der Waals surface area contributed by atoms with E-state index in [1.165, 1.54) is 68.6 Å². The lowest BCUT2D eigenvalue weighted by molar-refractivity contribution is -0.164. The number of nitrogens with zero attached hydrogens (tertiary/aromatic N) is 7. The standard InChI is InChI=1S/C29H25ClF7N9O3.C7H14/c1-39-26(38)45(24(47)16-4-2-15(3-5-16)18-11-41-44(12-18)25(33)34)21(13-49-27(48)43-28(8-9-28)29(35,36)37)17-6-7-19(30)20(10-17)46-23(22(31)32)40-14-42-46;1-7(2,3)6-4-5-6/h2-7,10-12,14,21-22,25H,8-9,13H2,1H3,(H2,38,39)(H,43,48);6H,4-5H2,1-3H3. The minimum absolute atomic E-state index is 0.0227. The van der Waals surface area contributed by atoms with Gasteiger partial charge in [-0.3, -0.25) is 14.7 Å². The molecule has 12 nitrogen and oxygen atoms in total. The average Bonchev–Trinajstić information content (AvgIpc) is 4.04. The average molecular weight is 814 g/mol. The van der Waals surface area contributed by atoms with Crippen molar-refractivity contribution < 1.29 is 45.1 Å². The third-order valence-electron chi connectivity index (χ3n) is 9.43. The van der Waals surface area contributed by atoms with E-state index in [0.29, 0.717) is 21.2 Å². The lowest BCUT2D eigenvalue weighted by Crippen LogP contribution is -2.49. The largest absolute Gasteiger partial charge is 0.447 e. The summed E-state index contributed by atoms with van der Waals surface area (Å²) in [5.74, 6) is -0.991. The number of alkyl halides is 7. The van der Waals surface area contributed by atoms with Gasteiger partial charge in [-0.25, -0.2) is 27.9 Å². The van der Waals surface area contributed by atoms with Crippen LogP contribution < -0.4 is 11.1 Å². The molecule has 2 amide bonds. The Morgan fingerprint density at radius 2 is 1.71 bits per heavy atom. The van der Waals surface area contributed by atoms with E-state index in [1.807, 2.05) is 5.32 Å². The second-order valence-corrected chi connectivity index (χ2v) is 14.7. The quantitative estimate of drug-likeness (QED) is 0.0928. The molecule has 1 atom stereocenters. The molecule has 2 aromatic heterocycles. The Balaban J connectivity index is 0.000000771. The number of guanidine groups is 1. The summed E-state index contributed by atoms with van der Waals surface area (Å²) in [6.07, 6.45) is -3.87. The van der Waals surface area contributed by atoms with Gasteiger partial charge in [0.2, 0.25) is 0 Å². The maximum atomic E-state index is 14.0. The predicted octanol–water partition coefficient (Wildman–Crippen LogP) is 8.51. The van der Waals surface area contributed by atoms with Gasteiger partial charge in [-0.15, -0.1) is 0 Å². The summed E-state index contributed by atoms with van der Waals surface area (Å²) in [4.78, 5) is 35.0. The molecule has 3 N–H and O–H groups in total. The van der Waals surface area contributed by atoms with Crippen molar-refractivity contribution >= 4 is 29.6 Å². The van der Waals surface area contributed by atoms with Crippen molar-refractivity contribution in [1.29, 1.82) is 0 Å². The van der Waals surface area contributed by atoms with Crippen molar-refractivity contribution in [1.82, 2.24) is 34.8 Å². The summed E-state index contributed by atoms with van der Waals surface area (Å²) in [6.45, 7) is 3.30. The van der Waals surface area contributed by atoms with Crippen LogP contribution in [0.25, 0.3) is 16.8 Å². The second-order valence-electron chi connectivity index (χ2n) is 14.3. The molecule has 1 unspecified atom stereocenters. The Hall–Kier alpha value is -5.20. The highest BCUT2D eigenvalue weighted by Gasteiger charge is 2.64. The van der Waals surface area contributed by atoms with E-state index in [1.54, 1.807) is 0 Å². The lowest BCUT2D eigenvalue weighted by atomic mass is 9.91. The zero-order chi connectivity index (χ0) is 41.2. The number of nitrogens with two attached hydrogens (primary N) is 1. The number of hydrogen-bond donors (Lipinski definition) is 2. The Bertz CT molecular complexity index is 2040. The Morgan fingerprint density at radius 3 is 2.21 bits per heavy atom. The number of carbonyl (C=O) groups is 2. The molecular weight excluding hydrogens is 775 g/mol. The number of aliphatic imine (C=N–C) groups is 1. The molecule has 2 aliphatic rings. The number of nitrogens with one attached hydrogen (secondary N) is 1. The van der Waals surface area contributed by atoms with Crippen molar-refractivity contribution in [2.75, 3.05) is 13.7 Å². The molecular formula is C36H39ClF7N9O3. The number of alkyl carbamates (subject to hydrolysis) is 1. The Morgan fingerprint density at radius 1 is 1.05 bits per heavy atom. The molecule has 0 spiro atoms. The minimum Gasteiger partial charge on any atom is -0.447 e. The molecule has 0 radical (unpaired) electrons. The molecule has 0 bridgehead atoms. The first-order valence-corrected chi connectivity index (χ1v) is 17.6. The van der Waals surface area contributed by atoms with Gasteiger partial charge in [0, 0.05) is 24.4 Å². The molecule has 2 fully saturated rings. The number of rotatable bonds is 10. The van der Waals surface area contributed by atoms with Crippen molar-refractivity contribution in [2.45, 2.75) is 77.2 Å². The van der Waals surface area contributed by atoms with Crippen LogP contribution in [0.4, 0.5) is 35.5 Å². The number of hydrogen-bond acceptors (Lipinski definition) is 7. The second kappa shape index (κ2) is 16.5. The van der Waals surface area contributed by atoms with E-state index < -0.39 is 61.1 Å². The van der Waals surface area contributed by atoms with E-state index >= 15 is 0 Å². The van der Waals surface area contributed by atoms with Crippen LogP contribution in [0.15, 0.2) is 66.2 Å². The Labute approximate surface area is 321 Å². The van der Waals surface area contributed by atoms with E-state index in [4.69, 9.17) is 22.1 Å². The zero-order valence-electron chi connectivity index (χ0n) is 30.6. The third-order valence-corrected chi connectivity index (χ3v) is 9.75. The smallest absolute Gasteiger partial charge is 0.411 e. The van der Waals surface area contributed by atoms with Crippen molar-refractivity contribution in [3.8, 4) is 16.8 Å². The molecule has 0 aliphatic heterocycles. The van der Waals surface area contributed by atoms with E-state index in [2.05, 4.69) is 40.9 Å². The van der Waals surface area contributed by atoms with Gasteiger partial charge in [0.25, 0.3) is 12.3 Å². The van der Waals surface area contributed by atoms with Gasteiger partial charge in [-0.1, -0.05) is 50.6 Å². The summed E-state index contributed by atoms with van der Waals surface area (Å²) in [6, 6.07) is 8.00. The van der Waals surface area contributed by atoms with Gasteiger partial charge >= 0.3 is 18.8 Å². The van der Waals surface area contributed by atoms with Crippen molar-refractivity contribution in [2.24, 2.45) is 22.1 Å². The fraction of sp³-hybridized carbons (Fsp3) is 0.444. The van der Waals surface area contributed by atoms with E-state index in [-0.39, 0.29) is 34.7 Å². The van der Waals surface area contributed by atoms with Gasteiger partial charge in [0.15, 0.2) is 11.8 Å². The Kier molecular flexibility index (Phi) is 12.4. The number of benzene rings is 2. The third kappa shape index (κ3) is 9.59. The van der Waals surface area contributed by atoms with Gasteiger partial charge in [0.05, 0.1) is 22.9 Å². The predicted molar refractivity (Wildman–Crippen MR) is 191 cm³/mol. The monoisotopic (exact) mass is 813 g/mol. The van der Waals surface area contributed by atoms with Crippen LogP contribution in [-0.2, 0) is 4.74 Å². The van der Waals surface area contributed by atoms with Crippen LogP contribution in [-0.4, -0.2) is 72.8 Å². The van der Waals surface area contributed by atoms with Crippen LogP contribution in [0.3, 0.4) is 0 Å². The summed E-state index contributed by atoms with van der Waals surface area (Å²) in [7, 11) is 1.24. The maximum Gasteiger partial charge on any atom is 0.411 e. The molecule has 0 saturated heterocycles. The molecule has 6 rings (SSSR count). The van der Waals surface area contributed by atoms with Crippen molar-refractivity contribution in [3.63, 3.8) is 0 Å². The van der Waals surface area contributed by atoms with Crippen LogP contribution >= 0.6 is 11.6 Å². The molecule has 2 aliphatic carbocycles.